The second kappa shape index (κ2) is 5.92. The molecule has 0 radical (unpaired) electrons. The van der Waals surface area contributed by atoms with Crippen molar-refractivity contribution in [2.75, 3.05) is 18.2 Å². The van der Waals surface area contributed by atoms with Crippen LogP contribution in [0.15, 0.2) is 40.9 Å². The largest absolute Gasteiger partial charge is 0.497 e. The molecule has 0 aromatic heterocycles. The van der Waals surface area contributed by atoms with Crippen molar-refractivity contribution in [3.63, 3.8) is 0 Å². The van der Waals surface area contributed by atoms with E-state index in [0.717, 1.165) is 0 Å². The van der Waals surface area contributed by atoms with E-state index in [1.165, 1.54) is 25.3 Å². The van der Waals surface area contributed by atoms with E-state index >= 15 is 0 Å². The molecule has 0 saturated carbocycles. The number of hydrogen-bond donors (Lipinski definition) is 2. The number of amides is 1. The summed E-state index contributed by atoms with van der Waals surface area (Å²) in [5.41, 5.74) is 6.26. The molecule has 0 unspecified atom stereocenters. The van der Waals surface area contributed by atoms with Crippen LogP contribution in [0.1, 0.15) is 10.4 Å². The first-order chi connectivity index (χ1) is 9.51. The van der Waals surface area contributed by atoms with Gasteiger partial charge in [-0.05, 0) is 52.3 Å². The first-order valence-corrected chi connectivity index (χ1v) is 6.50. The van der Waals surface area contributed by atoms with Gasteiger partial charge in [0.1, 0.15) is 11.6 Å². The highest BCUT2D eigenvalue weighted by Crippen LogP contribution is 2.24. The van der Waals surface area contributed by atoms with Gasteiger partial charge in [-0.15, -0.1) is 0 Å². The highest BCUT2D eigenvalue weighted by molar-refractivity contribution is 9.10. The molecular weight excluding hydrogens is 327 g/mol. The van der Waals surface area contributed by atoms with E-state index < -0.39 is 5.82 Å². The van der Waals surface area contributed by atoms with Crippen LogP contribution >= 0.6 is 15.9 Å². The lowest BCUT2D eigenvalue weighted by Gasteiger charge is -2.09. The van der Waals surface area contributed by atoms with Crippen LogP contribution in [0, 0.1) is 5.82 Å². The fraction of sp³-hybridized carbons (Fsp3) is 0.0714. The molecule has 104 valence electrons. The molecular formula is C14H12BrFN2O2. The highest BCUT2D eigenvalue weighted by atomic mass is 79.9. The lowest BCUT2D eigenvalue weighted by molar-refractivity contribution is 0.102. The first kappa shape index (κ1) is 14.3. The Morgan fingerprint density at radius 2 is 2.05 bits per heavy atom. The minimum Gasteiger partial charge on any atom is -0.497 e. The Hall–Kier alpha value is -2.08. The number of hydrogen-bond acceptors (Lipinski definition) is 3. The van der Waals surface area contributed by atoms with E-state index in [0.29, 0.717) is 21.5 Å². The summed E-state index contributed by atoms with van der Waals surface area (Å²) in [6.45, 7) is 0. The molecule has 0 heterocycles. The molecule has 3 N–H and O–H groups in total. The smallest absolute Gasteiger partial charge is 0.256 e. The maximum absolute atomic E-state index is 13.1. The molecule has 0 fully saturated rings. The molecule has 0 spiro atoms. The van der Waals surface area contributed by atoms with Crippen LogP contribution in [-0.4, -0.2) is 13.0 Å². The van der Waals surface area contributed by atoms with Gasteiger partial charge >= 0.3 is 0 Å². The number of carbonyl (C=O) groups excluding carboxylic acids is 1. The summed E-state index contributed by atoms with van der Waals surface area (Å²) in [6, 6.07) is 9.06. The normalized spacial score (nSPS) is 10.2. The summed E-state index contributed by atoms with van der Waals surface area (Å²) in [5, 5.41) is 2.65. The number of rotatable bonds is 3. The Morgan fingerprint density at radius 1 is 1.30 bits per heavy atom. The van der Waals surface area contributed by atoms with E-state index in [1.807, 2.05) is 0 Å². The fourth-order valence-corrected chi connectivity index (χ4v) is 2.05. The minimum atomic E-state index is -0.523. The second-order valence-corrected chi connectivity index (χ2v) is 4.89. The van der Waals surface area contributed by atoms with Gasteiger partial charge in [0.2, 0.25) is 0 Å². The number of halogens is 2. The average molecular weight is 339 g/mol. The lowest BCUT2D eigenvalue weighted by Crippen LogP contribution is -2.13. The van der Waals surface area contributed by atoms with E-state index in [2.05, 4.69) is 21.2 Å². The van der Waals surface area contributed by atoms with Crippen molar-refractivity contribution in [3.8, 4) is 5.75 Å². The van der Waals surface area contributed by atoms with Crippen molar-refractivity contribution in [2.24, 2.45) is 0 Å². The molecule has 1 amide bonds. The molecule has 2 aromatic carbocycles. The fourth-order valence-electron chi connectivity index (χ4n) is 1.63. The molecule has 0 bridgehead atoms. The average Bonchev–Trinajstić information content (AvgIpc) is 2.43. The molecule has 0 aliphatic carbocycles. The number of anilines is 2. The van der Waals surface area contributed by atoms with Crippen molar-refractivity contribution in [1.29, 1.82) is 0 Å². The summed E-state index contributed by atoms with van der Waals surface area (Å²) in [4.78, 5) is 12.2. The molecule has 0 aliphatic rings. The lowest BCUT2D eigenvalue weighted by atomic mass is 10.2. The Balaban J connectivity index is 2.25. The molecule has 2 aromatic rings. The van der Waals surface area contributed by atoms with Crippen LogP contribution in [0.4, 0.5) is 15.8 Å². The van der Waals surface area contributed by atoms with E-state index in [4.69, 9.17) is 10.5 Å². The van der Waals surface area contributed by atoms with E-state index in [1.54, 1.807) is 18.2 Å². The quantitative estimate of drug-likeness (QED) is 0.842. The highest BCUT2D eigenvalue weighted by Gasteiger charge is 2.12. The number of methoxy groups -OCH3 is 1. The predicted octanol–water partition coefficient (Wildman–Crippen LogP) is 3.43. The number of ether oxygens (including phenoxy) is 1. The number of benzene rings is 2. The van der Waals surface area contributed by atoms with Gasteiger partial charge in [-0.25, -0.2) is 4.39 Å². The third kappa shape index (κ3) is 3.08. The van der Waals surface area contributed by atoms with Crippen LogP contribution in [0.3, 0.4) is 0 Å². The molecule has 0 saturated heterocycles. The third-order valence-corrected chi connectivity index (χ3v) is 3.36. The number of carbonyl (C=O) groups is 1. The predicted molar refractivity (Wildman–Crippen MR) is 79.5 cm³/mol. The SMILES string of the molecule is COc1ccc(Br)c(C(=O)Nc2ccc(F)c(N)c2)c1. The van der Waals surface area contributed by atoms with Crippen molar-refractivity contribution >= 4 is 33.2 Å². The second-order valence-electron chi connectivity index (χ2n) is 4.04. The summed E-state index contributed by atoms with van der Waals surface area (Å²) < 4.78 is 18.8. The van der Waals surface area contributed by atoms with Gasteiger partial charge in [0.25, 0.3) is 5.91 Å². The molecule has 6 heteroatoms. The molecule has 2 rings (SSSR count). The van der Waals surface area contributed by atoms with Crippen molar-refractivity contribution < 1.29 is 13.9 Å². The Labute approximate surface area is 123 Å². The van der Waals surface area contributed by atoms with Gasteiger partial charge in [0.15, 0.2) is 0 Å². The van der Waals surface area contributed by atoms with E-state index in [9.17, 15) is 9.18 Å². The van der Waals surface area contributed by atoms with Crippen molar-refractivity contribution in [2.45, 2.75) is 0 Å². The maximum atomic E-state index is 13.1. The topological polar surface area (TPSA) is 64.3 Å². The van der Waals surface area contributed by atoms with Crippen LogP contribution in [-0.2, 0) is 0 Å². The number of nitrogen functional groups attached to an aromatic ring is 1. The Kier molecular flexibility index (Phi) is 4.24. The standard InChI is InChI=1S/C14H12BrFN2O2/c1-20-9-3-4-11(15)10(7-9)14(19)18-8-2-5-12(16)13(17)6-8/h2-7H,17H2,1H3,(H,18,19). The molecule has 20 heavy (non-hydrogen) atoms. The molecule has 0 atom stereocenters. The number of nitrogens with one attached hydrogen (secondary N) is 1. The monoisotopic (exact) mass is 338 g/mol. The minimum absolute atomic E-state index is 0.0208. The summed E-state index contributed by atoms with van der Waals surface area (Å²) >= 11 is 3.30. The zero-order valence-corrected chi connectivity index (χ0v) is 12.2. The van der Waals surface area contributed by atoms with Crippen LogP contribution < -0.4 is 15.8 Å². The van der Waals surface area contributed by atoms with Crippen LogP contribution in [0.25, 0.3) is 0 Å². The zero-order valence-electron chi connectivity index (χ0n) is 10.6. The Morgan fingerprint density at radius 3 is 2.70 bits per heavy atom. The van der Waals surface area contributed by atoms with E-state index in [-0.39, 0.29) is 11.6 Å². The van der Waals surface area contributed by atoms with Gasteiger partial charge < -0.3 is 15.8 Å². The van der Waals surface area contributed by atoms with Gasteiger partial charge in [-0.1, -0.05) is 0 Å². The molecule has 0 aliphatic heterocycles. The van der Waals surface area contributed by atoms with Gasteiger partial charge in [-0.2, -0.15) is 0 Å². The van der Waals surface area contributed by atoms with Gasteiger partial charge in [-0.3, -0.25) is 4.79 Å². The maximum Gasteiger partial charge on any atom is 0.256 e. The van der Waals surface area contributed by atoms with Crippen molar-refractivity contribution in [1.82, 2.24) is 0 Å². The Bertz CT molecular complexity index is 662. The first-order valence-electron chi connectivity index (χ1n) is 5.71. The molecule has 4 nitrogen and oxygen atoms in total. The van der Waals surface area contributed by atoms with Crippen LogP contribution in [0.5, 0.6) is 5.75 Å². The van der Waals surface area contributed by atoms with Crippen molar-refractivity contribution in [3.05, 3.63) is 52.3 Å². The summed E-state index contributed by atoms with van der Waals surface area (Å²) in [7, 11) is 1.52. The van der Waals surface area contributed by atoms with Crippen LogP contribution in [0.2, 0.25) is 0 Å². The van der Waals surface area contributed by atoms with Gasteiger partial charge in [0.05, 0.1) is 18.4 Å². The third-order valence-electron chi connectivity index (χ3n) is 2.67. The zero-order chi connectivity index (χ0) is 14.7. The summed E-state index contributed by atoms with van der Waals surface area (Å²) in [5.74, 6) is -0.302. The summed E-state index contributed by atoms with van der Waals surface area (Å²) in [6.07, 6.45) is 0. The number of nitrogens with two attached hydrogens (primary N) is 1. The van der Waals surface area contributed by atoms with Gasteiger partial charge in [0, 0.05) is 10.2 Å².